The lowest BCUT2D eigenvalue weighted by Gasteiger charge is -2.21. The highest BCUT2D eigenvalue weighted by atomic mass is 32.1. The van der Waals surface area contributed by atoms with E-state index in [1.54, 1.807) is 19.9 Å². The Morgan fingerprint density at radius 1 is 1.39 bits per heavy atom. The Hall–Kier alpha value is -2.35. The number of benzene rings is 1. The first kappa shape index (κ1) is 17.0. The van der Waals surface area contributed by atoms with Gasteiger partial charge in [0.1, 0.15) is 5.75 Å². The Morgan fingerprint density at radius 2 is 2.09 bits per heavy atom. The van der Waals surface area contributed by atoms with Gasteiger partial charge in [-0.2, -0.15) is 0 Å². The van der Waals surface area contributed by atoms with Crippen molar-refractivity contribution in [1.29, 1.82) is 0 Å². The number of urea groups is 1. The Balaban J connectivity index is 2.14. The van der Waals surface area contributed by atoms with Crippen molar-refractivity contribution in [3.05, 3.63) is 17.1 Å². The molecule has 23 heavy (non-hydrogen) atoms. The number of carbonyl (C=O) groups excluding carboxylic acids is 2. The number of rotatable bonds is 5. The summed E-state index contributed by atoms with van der Waals surface area (Å²) in [4.78, 5) is 27.7. The van der Waals surface area contributed by atoms with E-state index in [2.05, 4.69) is 15.6 Å². The number of methoxy groups -OCH3 is 1. The minimum atomic E-state index is -0.819. The van der Waals surface area contributed by atoms with Gasteiger partial charge in [0.25, 0.3) is 0 Å². The van der Waals surface area contributed by atoms with Crippen LogP contribution in [0.15, 0.2) is 12.1 Å². The molecule has 0 radical (unpaired) electrons. The fourth-order valence-electron chi connectivity index (χ4n) is 1.89. The molecule has 1 aromatic heterocycles. The van der Waals surface area contributed by atoms with E-state index in [0.29, 0.717) is 11.4 Å². The van der Waals surface area contributed by atoms with Crippen molar-refractivity contribution in [3.8, 4) is 5.75 Å². The third-order valence-electron chi connectivity index (χ3n) is 3.42. The van der Waals surface area contributed by atoms with Crippen LogP contribution in [0.2, 0.25) is 0 Å². The monoisotopic (exact) mass is 336 g/mol. The van der Waals surface area contributed by atoms with Crippen molar-refractivity contribution in [2.45, 2.75) is 20.8 Å². The number of ether oxygens (including phenoxy) is 1. The Kier molecular flexibility index (Phi) is 4.74. The number of primary amides is 1. The average molecular weight is 336 g/mol. The lowest BCUT2D eigenvalue weighted by Crippen LogP contribution is -2.43. The smallest absolute Gasteiger partial charge is 0.319 e. The number of fused-ring (bicyclic) bond motifs is 1. The number of aryl methyl sites for hydroxylation is 1. The third-order valence-corrected chi connectivity index (χ3v) is 4.36. The fraction of sp³-hybridized carbons (Fsp3) is 0.400. The van der Waals surface area contributed by atoms with Gasteiger partial charge in [-0.15, -0.1) is 11.3 Å². The van der Waals surface area contributed by atoms with Crippen LogP contribution in [0.4, 0.5) is 10.5 Å². The Bertz CT molecular complexity index is 755. The molecule has 1 aromatic carbocycles. The predicted molar refractivity (Wildman–Crippen MR) is 90.9 cm³/mol. The normalized spacial score (nSPS) is 11.3. The van der Waals surface area contributed by atoms with Gasteiger partial charge in [0.05, 0.1) is 33.4 Å². The molecule has 4 N–H and O–H groups in total. The molecule has 0 unspecified atom stereocenters. The van der Waals surface area contributed by atoms with Crippen LogP contribution in [-0.4, -0.2) is 30.6 Å². The molecule has 0 aliphatic rings. The summed E-state index contributed by atoms with van der Waals surface area (Å²) in [5.41, 5.74) is 5.83. The maximum Gasteiger partial charge on any atom is 0.319 e. The topological polar surface area (TPSA) is 106 Å². The molecule has 0 saturated carbocycles. The summed E-state index contributed by atoms with van der Waals surface area (Å²) >= 11 is 1.53. The molecular weight excluding hydrogens is 316 g/mol. The summed E-state index contributed by atoms with van der Waals surface area (Å²) in [6, 6.07) is 3.16. The van der Waals surface area contributed by atoms with E-state index in [1.165, 1.54) is 18.4 Å². The Labute approximate surface area is 138 Å². The number of thiazole rings is 1. The van der Waals surface area contributed by atoms with Gasteiger partial charge in [0.2, 0.25) is 5.91 Å². The molecule has 2 aromatic rings. The lowest BCUT2D eigenvalue weighted by molar-refractivity contribution is -0.125. The molecule has 0 atom stereocenters. The highest BCUT2D eigenvalue weighted by Crippen LogP contribution is 2.33. The molecule has 2 rings (SSSR count). The highest BCUT2D eigenvalue weighted by Gasteiger charge is 2.25. The number of carbonyl (C=O) groups is 2. The standard InChI is InChI=1S/C15H20N4O3S/c1-8-18-10-5-11(22-4)9(6-12(10)23-8)19-14(21)17-7-15(2,3)13(16)20/h5-6H,7H2,1-4H3,(H2,16,20)(H2,17,19,21). The van der Waals surface area contributed by atoms with Crippen molar-refractivity contribution in [2.75, 3.05) is 19.0 Å². The van der Waals surface area contributed by atoms with Crippen LogP contribution in [0, 0.1) is 12.3 Å². The summed E-state index contributed by atoms with van der Waals surface area (Å²) in [7, 11) is 1.53. The number of nitrogens with two attached hydrogens (primary N) is 1. The first-order chi connectivity index (χ1) is 10.7. The number of nitrogens with zero attached hydrogens (tertiary/aromatic N) is 1. The number of nitrogens with one attached hydrogen (secondary N) is 2. The summed E-state index contributed by atoms with van der Waals surface area (Å²) in [6.07, 6.45) is 0. The molecule has 124 valence electrons. The second-order valence-electron chi connectivity index (χ2n) is 5.81. The van der Waals surface area contributed by atoms with Crippen LogP contribution in [-0.2, 0) is 4.79 Å². The van der Waals surface area contributed by atoms with Crippen molar-refractivity contribution in [2.24, 2.45) is 11.1 Å². The van der Waals surface area contributed by atoms with Crippen molar-refractivity contribution < 1.29 is 14.3 Å². The number of hydrogen-bond donors (Lipinski definition) is 3. The van der Waals surface area contributed by atoms with Gasteiger partial charge in [0.15, 0.2) is 0 Å². The first-order valence-corrected chi connectivity index (χ1v) is 7.84. The SMILES string of the molecule is COc1cc2nc(C)sc2cc1NC(=O)NCC(C)(C)C(N)=O. The van der Waals surface area contributed by atoms with Crippen LogP contribution in [0.5, 0.6) is 5.75 Å². The molecule has 7 nitrogen and oxygen atoms in total. The molecular formula is C15H20N4O3S. The van der Waals surface area contributed by atoms with Crippen molar-refractivity contribution >= 4 is 39.2 Å². The molecule has 0 saturated heterocycles. The van der Waals surface area contributed by atoms with E-state index >= 15 is 0 Å². The second-order valence-corrected chi connectivity index (χ2v) is 7.04. The van der Waals surface area contributed by atoms with Gasteiger partial charge in [0, 0.05) is 12.6 Å². The lowest BCUT2D eigenvalue weighted by atomic mass is 9.93. The zero-order chi connectivity index (χ0) is 17.2. The highest BCUT2D eigenvalue weighted by molar-refractivity contribution is 7.18. The minimum absolute atomic E-state index is 0.137. The van der Waals surface area contributed by atoms with Gasteiger partial charge in [-0.25, -0.2) is 9.78 Å². The number of hydrogen-bond acceptors (Lipinski definition) is 5. The van der Waals surface area contributed by atoms with E-state index in [9.17, 15) is 9.59 Å². The summed E-state index contributed by atoms with van der Waals surface area (Å²) in [6.45, 7) is 5.39. The fourth-order valence-corrected chi connectivity index (χ4v) is 2.74. The quantitative estimate of drug-likeness (QED) is 0.778. The number of amides is 3. The van der Waals surface area contributed by atoms with Gasteiger partial charge >= 0.3 is 6.03 Å². The van der Waals surface area contributed by atoms with E-state index in [4.69, 9.17) is 10.5 Å². The van der Waals surface area contributed by atoms with E-state index in [1.807, 2.05) is 13.0 Å². The van der Waals surface area contributed by atoms with Crippen molar-refractivity contribution in [1.82, 2.24) is 10.3 Å². The van der Waals surface area contributed by atoms with E-state index in [-0.39, 0.29) is 6.54 Å². The molecule has 0 spiro atoms. The summed E-state index contributed by atoms with van der Waals surface area (Å²) in [5.74, 6) is 0.0454. The minimum Gasteiger partial charge on any atom is -0.494 e. The average Bonchev–Trinajstić information content (AvgIpc) is 2.83. The zero-order valence-corrected chi connectivity index (χ0v) is 14.3. The van der Waals surface area contributed by atoms with Crippen molar-refractivity contribution in [3.63, 3.8) is 0 Å². The molecule has 0 aliphatic heterocycles. The first-order valence-electron chi connectivity index (χ1n) is 7.03. The van der Waals surface area contributed by atoms with Crippen LogP contribution >= 0.6 is 11.3 Å². The van der Waals surface area contributed by atoms with Gasteiger partial charge in [-0.05, 0) is 26.8 Å². The van der Waals surface area contributed by atoms with Crippen LogP contribution in [0.3, 0.4) is 0 Å². The summed E-state index contributed by atoms with van der Waals surface area (Å²) in [5, 5.41) is 6.30. The maximum absolute atomic E-state index is 12.0. The van der Waals surface area contributed by atoms with Gasteiger partial charge in [-0.3, -0.25) is 4.79 Å². The van der Waals surface area contributed by atoms with Crippen LogP contribution < -0.4 is 21.1 Å². The number of anilines is 1. The zero-order valence-electron chi connectivity index (χ0n) is 13.5. The largest absolute Gasteiger partial charge is 0.494 e. The second kappa shape index (κ2) is 6.41. The molecule has 8 heteroatoms. The molecule has 1 heterocycles. The van der Waals surface area contributed by atoms with Crippen LogP contribution in [0.1, 0.15) is 18.9 Å². The maximum atomic E-state index is 12.0. The van der Waals surface area contributed by atoms with E-state index in [0.717, 1.165) is 15.2 Å². The molecule has 0 aliphatic carbocycles. The molecule has 3 amide bonds. The summed E-state index contributed by atoms with van der Waals surface area (Å²) < 4.78 is 6.25. The van der Waals surface area contributed by atoms with E-state index < -0.39 is 17.4 Å². The molecule has 0 bridgehead atoms. The van der Waals surface area contributed by atoms with Gasteiger partial charge in [-0.1, -0.05) is 0 Å². The molecule has 0 fully saturated rings. The number of aromatic nitrogens is 1. The Morgan fingerprint density at radius 3 is 2.70 bits per heavy atom. The third kappa shape index (κ3) is 3.89. The predicted octanol–water partition coefficient (Wildman–Crippen LogP) is 2.25. The van der Waals surface area contributed by atoms with Crippen LogP contribution in [0.25, 0.3) is 10.2 Å². The van der Waals surface area contributed by atoms with Gasteiger partial charge < -0.3 is 21.1 Å².